The Bertz CT molecular complexity index is 597. The summed E-state index contributed by atoms with van der Waals surface area (Å²) in [5, 5.41) is 0. The summed E-state index contributed by atoms with van der Waals surface area (Å²) in [7, 11) is 0. The van der Waals surface area contributed by atoms with E-state index in [4.69, 9.17) is 4.74 Å². The third-order valence-electron chi connectivity index (χ3n) is 4.54. The van der Waals surface area contributed by atoms with Gasteiger partial charge in [-0.2, -0.15) is 13.2 Å². The minimum absolute atomic E-state index is 0.0579. The fourth-order valence-corrected chi connectivity index (χ4v) is 2.87. The molecule has 0 N–H and O–H groups in total. The van der Waals surface area contributed by atoms with E-state index >= 15 is 0 Å². The van der Waals surface area contributed by atoms with Crippen LogP contribution in [-0.4, -0.2) is 49.7 Å². The second-order valence-electron chi connectivity index (χ2n) is 7.06. The van der Waals surface area contributed by atoms with Crippen LogP contribution in [0.3, 0.4) is 0 Å². The van der Waals surface area contributed by atoms with Crippen LogP contribution >= 0.6 is 0 Å². The number of piperazine rings is 1. The zero-order valence-electron chi connectivity index (χ0n) is 15.6. The second kappa shape index (κ2) is 8.75. The van der Waals surface area contributed by atoms with Gasteiger partial charge in [-0.3, -0.25) is 4.79 Å². The van der Waals surface area contributed by atoms with Gasteiger partial charge in [-0.05, 0) is 37.5 Å². The maximum Gasteiger partial charge on any atom is 0.416 e. The van der Waals surface area contributed by atoms with Crippen LogP contribution in [0.1, 0.15) is 32.8 Å². The monoisotopic (exact) mass is 372 g/mol. The minimum atomic E-state index is -4.35. The van der Waals surface area contributed by atoms with Crippen LogP contribution in [0.5, 0.6) is 0 Å². The number of hydrogen-bond acceptors (Lipinski definition) is 3. The number of rotatable bonds is 6. The Morgan fingerprint density at radius 1 is 1.15 bits per heavy atom. The van der Waals surface area contributed by atoms with Gasteiger partial charge in [-0.15, -0.1) is 0 Å². The van der Waals surface area contributed by atoms with E-state index in [1.165, 1.54) is 6.07 Å². The molecule has 0 spiro atoms. The summed E-state index contributed by atoms with van der Waals surface area (Å²) < 4.78 is 44.2. The largest absolute Gasteiger partial charge is 0.416 e. The summed E-state index contributed by atoms with van der Waals surface area (Å²) in [4.78, 5) is 16.0. The molecule has 1 aromatic carbocycles. The average molecular weight is 372 g/mol. The molecule has 4 nitrogen and oxygen atoms in total. The van der Waals surface area contributed by atoms with Crippen LogP contribution < -0.4 is 4.90 Å². The number of carbonyl (C=O) groups is 1. The maximum absolute atomic E-state index is 12.9. The third kappa shape index (κ3) is 5.62. The van der Waals surface area contributed by atoms with Crippen LogP contribution in [0.15, 0.2) is 24.3 Å². The molecular weight excluding hydrogens is 345 g/mol. The maximum atomic E-state index is 12.9. The first-order chi connectivity index (χ1) is 12.2. The summed E-state index contributed by atoms with van der Waals surface area (Å²) >= 11 is 0. The van der Waals surface area contributed by atoms with Crippen molar-refractivity contribution >= 4 is 11.6 Å². The Morgan fingerprint density at radius 3 is 2.38 bits per heavy atom. The quantitative estimate of drug-likeness (QED) is 0.761. The molecule has 1 aliphatic heterocycles. The first-order valence-corrected chi connectivity index (χ1v) is 9.01. The summed E-state index contributed by atoms with van der Waals surface area (Å²) in [6.45, 7) is 8.47. The zero-order valence-corrected chi connectivity index (χ0v) is 15.6. The van der Waals surface area contributed by atoms with E-state index < -0.39 is 17.8 Å². The van der Waals surface area contributed by atoms with Crippen molar-refractivity contribution in [1.82, 2.24) is 4.90 Å². The number of amides is 1. The summed E-state index contributed by atoms with van der Waals surface area (Å²) in [5.74, 6) is 0.464. The van der Waals surface area contributed by atoms with Gasteiger partial charge >= 0.3 is 6.18 Å². The highest BCUT2D eigenvalue weighted by molar-refractivity contribution is 5.80. The summed E-state index contributed by atoms with van der Waals surface area (Å²) in [6.07, 6.45) is -3.94. The van der Waals surface area contributed by atoms with Gasteiger partial charge < -0.3 is 14.5 Å². The lowest BCUT2D eigenvalue weighted by atomic mass is 10.1. The van der Waals surface area contributed by atoms with Crippen LogP contribution in [-0.2, 0) is 15.7 Å². The summed E-state index contributed by atoms with van der Waals surface area (Å²) in [5.41, 5.74) is -0.117. The molecule has 146 valence electrons. The lowest BCUT2D eigenvalue weighted by Gasteiger charge is -2.37. The van der Waals surface area contributed by atoms with Crippen molar-refractivity contribution in [3.8, 4) is 0 Å². The van der Waals surface area contributed by atoms with E-state index in [1.54, 1.807) is 17.9 Å². The molecule has 2 rings (SSSR count). The van der Waals surface area contributed by atoms with Crippen molar-refractivity contribution in [2.75, 3.05) is 37.7 Å². The predicted octanol–water partition coefficient (Wildman–Crippen LogP) is 3.81. The van der Waals surface area contributed by atoms with Gasteiger partial charge in [0.2, 0.25) is 0 Å². The van der Waals surface area contributed by atoms with E-state index in [1.807, 2.05) is 4.90 Å². The molecular formula is C19H27F3N2O2. The number of carbonyl (C=O) groups excluding carboxylic acids is 1. The van der Waals surface area contributed by atoms with Crippen molar-refractivity contribution in [1.29, 1.82) is 0 Å². The molecule has 0 saturated carbocycles. The van der Waals surface area contributed by atoms with Crippen molar-refractivity contribution in [3.05, 3.63) is 29.8 Å². The van der Waals surface area contributed by atoms with E-state index in [9.17, 15) is 18.0 Å². The SMILES string of the molecule is CC(C)CCOC(C)C(=O)N1CCN(c2cccc(C(F)(F)F)c2)CC1. The lowest BCUT2D eigenvalue weighted by Crippen LogP contribution is -2.51. The standard InChI is InChI=1S/C19H27F3N2O2/c1-14(2)7-12-26-15(3)18(25)24-10-8-23(9-11-24)17-6-4-5-16(13-17)19(20,21)22/h4-6,13-15H,7-12H2,1-3H3. The van der Waals surface area contributed by atoms with Gasteiger partial charge in [-0.1, -0.05) is 19.9 Å². The fourth-order valence-electron chi connectivity index (χ4n) is 2.87. The van der Waals surface area contributed by atoms with E-state index in [0.29, 0.717) is 44.4 Å². The number of alkyl halides is 3. The highest BCUT2D eigenvalue weighted by Crippen LogP contribution is 2.31. The second-order valence-corrected chi connectivity index (χ2v) is 7.06. The number of anilines is 1. The van der Waals surface area contributed by atoms with Crippen molar-refractivity contribution in [2.45, 2.75) is 39.5 Å². The number of halogens is 3. The molecule has 0 aliphatic carbocycles. The third-order valence-corrected chi connectivity index (χ3v) is 4.54. The molecule has 0 radical (unpaired) electrons. The molecule has 1 saturated heterocycles. The smallest absolute Gasteiger partial charge is 0.369 e. The van der Waals surface area contributed by atoms with Gasteiger partial charge in [0.1, 0.15) is 6.10 Å². The van der Waals surface area contributed by atoms with Crippen molar-refractivity contribution < 1.29 is 22.7 Å². The normalized spacial score (nSPS) is 16.9. The van der Waals surface area contributed by atoms with E-state index in [0.717, 1.165) is 18.6 Å². The molecule has 7 heteroatoms. The van der Waals surface area contributed by atoms with Crippen LogP contribution in [0.25, 0.3) is 0 Å². The Hall–Kier alpha value is -1.76. The Labute approximate surface area is 152 Å². The van der Waals surface area contributed by atoms with E-state index in [-0.39, 0.29) is 5.91 Å². The van der Waals surface area contributed by atoms with Gasteiger partial charge in [-0.25, -0.2) is 0 Å². The first kappa shape index (κ1) is 20.6. The number of hydrogen-bond donors (Lipinski definition) is 0. The molecule has 1 heterocycles. The molecule has 26 heavy (non-hydrogen) atoms. The fraction of sp³-hybridized carbons (Fsp3) is 0.632. The Balaban J connectivity index is 1.88. The molecule has 0 aromatic heterocycles. The molecule has 0 bridgehead atoms. The number of nitrogens with zero attached hydrogens (tertiary/aromatic N) is 2. The van der Waals surface area contributed by atoms with Crippen LogP contribution in [0.4, 0.5) is 18.9 Å². The molecule has 1 aromatic rings. The van der Waals surface area contributed by atoms with Gasteiger partial charge in [0.25, 0.3) is 5.91 Å². The van der Waals surface area contributed by atoms with Gasteiger partial charge in [0, 0.05) is 38.5 Å². The average Bonchev–Trinajstić information content (AvgIpc) is 2.60. The topological polar surface area (TPSA) is 32.8 Å². The molecule has 1 unspecified atom stereocenters. The molecule has 1 aliphatic rings. The first-order valence-electron chi connectivity index (χ1n) is 9.01. The predicted molar refractivity (Wildman–Crippen MR) is 95.1 cm³/mol. The van der Waals surface area contributed by atoms with E-state index in [2.05, 4.69) is 13.8 Å². The molecule has 1 atom stereocenters. The molecule has 1 amide bonds. The summed E-state index contributed by atoms with van der Waals surface area (Å²) in [6, 6.07) is 5.32. The van der Waals surface area contributed by atoms with Crippen LogP contribution in [0.2, 0.25) is 0 Å². The minimum Gasteiger partial charge on any atom is -0.369 e. The zero-order chi connectivity index (χ0) is 19.3. The van der Waals surface area contributed by atoms with Gasteiger partial charge in [0.15, 0.2) is 0 Å². The number of ether oxygens (including phenoxy) is 1. The van der Waals surface area contributed by atoms with Crippen LogP contribution in [0, 0.1) is 5.92 Å². The van der Waals surface area contributed by atoms with Gasteiger partial charge in [0.05, 0.1) is 5.56 Å². The number of benzene rings is 1. The highest BCUT2D eigenvalue weighted by Gasteiger charge is 2.31. The Morgan fingerprint density at radius 2 is 1.81 bits per heavy atom. The van der Waals surface area contributed by atoms with Crippen molar-refractivity contribution in [3.63, 3.8) is 0 Å². The van der Waals surface area contributed by atoms with Crippen molar-refractivity contribution in [2.24, 2.45) is 5.92 Å². The Kier molecular flexibility index (Phi) is 6.92. The molecule has 1 fully saturated rings. The highest BCUT2D eigenvalue weighted by atomic mass is 19.4. The lowest BCUT2D eigenvalue weighted by molar-refractivity contribution is -0.143.